The molecule has 1 aromatic heterocycles. The first-order valence-corrected chi connectivity index (χ1v) is 4.86. The van der Waals surface area contributed by atoms with E-state index in [0.29, 0.717) is 11.7 Å². The summed E-state index contributed by atoms with van der Waals surface area (Å²) in [6.45, 7) is 4.60. The summed E-state index contributed by atoms with van der Waals surface area (Å²) < 4.78 is 0. The molecule has 0 aliphatic rings. The van der Waals surface area contributed by atoms with Gasteiger partial charge in [-0.1, -0.05) is 23.6 Å². The normalized spacial score (nSPS) is 11.6. The van der Waals surface area contributed by atoms with Gasteiger partial charge in [-0.25, -0.2) is 4.98 Å². The molecule has 0 fully saturated rings. The quantitative estimate of drug-likeness (QED) is 0.610. The van der Waals surface area contributed by atoms with Crippen LogP contribution in [-0.2, 0) is 0 Å². The van der Waals surface area contributed by atoms with Gasteiger partial charge in [0.05, 0.1) is 6.54 Å². The van der Waals surface area contributed by atoms with Crippen molar-refractivity contribution in [3.63, 3.8) is 0 Å². The molecule has 2 nitrogen and oxygen atoms in total. The average Bonchev–Trinajstić information content (AvgIpc) is 2.19. The minimum absolute atomic E-state index is 0.251. The summed E-state index contributed by atoms with van der Waals surface area (Å²) in [6, 6.07) is 4.01. The fraction of sp³-hybridized carbons (Fsp3) is 0.364. The SMILES string of the molecule is CC#CCNC(C)c1ccc(Cl)nc1. The van der Waals surface area contributed by atoms with Crippen LogP contribution in [-0.4, -0.2) is 11.5 Å². The molecule has 1 N–H and O–H groups in total. The van der Waals surface area contributed by atoms with Crippen molar-refractivity contribution in [2.75, 3.05) is 6.54 Å². The smallest absolute Gasteiger partial charge is 0.129 e. The first-order valence-electron chi connectivity index (χ1n) is 4.48. The highest BCUT2D eigenvalue weighted by atomic mass is 35.5. The van der Waals surface area contributed by atoms with Crippen LogP contribution in [0, 0.1) is 11.8 Å². The molecule has 3 heteroatoms. The van der Waals surface area contributed by atoms with Crippen LogP contribution in [0.3, 0.4) is 0 Å². The van der Waals surface area contributed by atoms with E-state index in [2.05, 4.69) is 29.1 Å². The summed E-state index contributed by atoms with van der Waals surface area (Å²) in [5.74, 6) is 5.79. The van der Waals surface area contributed by atoms with Gasteiger partial charge < -0.3 is 0 Å². The number of hydrogen-bond acceptors (Lipinski definition) is 2. The van der Waals surface area contributed by atoms with Crippen molar-refractivity contribution in [3.8, 4) is 11.8 Å². The van der Waals surface area contributed by atoms with Crippen molar-refractivity contribution in [2.45, 2.75) is 19.9 Å². The van der Waals surface area contributed by atoms with Gasteiger partial charge in [-0.2, -0.15) is 0 Å². The van der Waals surface area contributed by atoms with Crippen LogP contribution in [0.5, 0.6) is 0 Å². The molecule has 0 radical (unpaired) electrons. The van der Waals surface area contributed by atoms with Gasteiger partial charge in [0.1, 0.15) is 5.15 Å². The zero-order valence-electron chi connectivity index (χ0n) is 8.34. The minimum atomic E-state index is 0.251. The number of rotatable bonds is 3. The summed E-state index contributed by atoms with van der Waals surface area (Å²) >= 11 is 5.69. The Morgan fingerprint density at radius 1 is 1.57 bits per heavy atom. The molecule has 0 saturated carbocycles. The monoisotopic (exact) mass is 208 g/mol. The molecule has 14 heavy (non-hydrogen) atoms. The summed E-state index contributed by atoms with van der Waals surface area (Å²) in [4.78, 5) is 4.02. The van der Waals surface area contributed by atoms with Gasteiger partial charge in [0, 0.05) is 12.2 Å². The van der Waals surface area contributed by atoms with E-state index in [-0.39, 0.29) is 6.04 Å². The molecule has 0 aromatic carbocycles. The lowest BCUT2D eigenvalue weighted by Crippen LogP contribution is -2.18. The molecule has 0 spiro atoms. The Morgan fingerprint density at radius 3 is 2.93 bits per heavy atom. The zero-order valence-corrected chi connectivity index (χ0v) is 9.10. The molecule has 1 aromatic rings. The van der Waals surface area contributed by atoms with E-state index in [0.717, 1.165) is 5.56 Å². The van der Waals surface area contributed by atoms with Crippen LogP contribution in [0.2, 0.25) is 5.15 Å². The van der Waals surface area contributed by atoms with Crippen molar-refractivity contribution in [1.82, 2.24) is 10.3 Å². The van der Waals surface area contributed by atoms with Crippen LogP contribution in [0.4, 0.5) is 0 Å². The molecule has 0 aliphatic carbocycles. The average molecular weight is 209 g/mol. The lowest BCUT2D eigenvalue weighted by Gasteiger charge is -2.11. The summed E-state index contributed by atoms with van der Waals surface area (Å²) in [5.41, 5.74) is 1.12. The molecule has 74 valence electrons. The van der Waals surface area contributed by atoms with Crippen LogP contribution in [0.25, 0.3) is 0 Å². The highest BCUT2D eigenvalue weighted by molar-refractivity contribution is 6.29. The van der Waals surface area contributed by atoms with Gasteiger partial charge in [0.2, 0.25) is 0 Å². The number of aromatic nitrogens is 1. The molecule has 1 rings (SSSR count). The van der Waals surface area contributed by atoms with E-state index in [1.54, 1.807) is 12.3 Å². The second-order valence-corrected chi connectivity index (χ2v) is 3.33. The van der Waals surface area contributed by atoms with Crippen molar-refractivity contribution in [1.29, 1.82) is 0 Å². The second kappa shape index (κ2) is 5.64. The molecule has 0 saturated heterocycles. The highest BCUT2D eigenvalue weighted by Gasteiger charge is 2.03. The molecule has 0 aliphatic heterocycles. The lowest BCUT2D eigenvalue weighted by molar-refractivity contribution is 0.621. The topological polar surface area (TPSA) is 24.9 Å². The van der Waals surface area contributed by atoms with Crippen molar-refractivity contribution < 1.29 is 0 Å². The molecule has 0 bridgehead atoms. The van der Waals surface area contributed by atoms with Crippen LogP contribution < -0.4 is 5.32 Å². The van der Waals surface area contributed by atoms with Gasteiger partial charge in [0.15, 0.2) is 0 Å². The van der Waals surface area contributed by atoms with Crippen LogP contribution in [0.15, 0.2) is 18.3 Å². The third-order valence-corrected chi connectivity index (χ3v) is 2.15. The molecule has 1 unspecified atom stereocenters. The van der Waals surface area contributed by atoms with Crippen molar-refractivity contribution in [3.05, 3.63) is 29.0 Å². The molecule has 1 atom stereocenters. The predicted octanol–water partition coefficient (Wildman–Crippen LogP) is 2.41. The largest absolute Gasteiger partial charge is 0.300 e. The number of nitrogens with zero attached hydrogens (tertiary/aromatic N) is 1. The first kappa shape index (κ1) is 11.0. The van der Waals surface area contributed by atoms with Crippen LogP contribution in [0.1, 0.15) is 25.5 Å². The molecular weight excluding hydrogens is 196 g/mol. The number of halogens is 1. The Labute approximate surface area is 89.7 Å². The Hall–Kier alpha value is -1.04. The Morgan fingerprint density at radius 2 is 2.36 bits per heavy atom. The van der Waals surface area contributed by atoms with E-state index in [9.17, 15) is 0 Å². The minimum Gasteiger partial charge on any atom is -0.300 e. The van der Waals surface area contributed by atoms with Gasteiger partial charge in [-0.05, 0) is 25.5 Å². The van der Waals surface area contributed by atoms with Crippen molar-refractivity contribution in [2.24, 2.45) is 0 Å². The Balaban J connectivity index is 2.54. The number of pyridine rings is 1. The third-order valence-electron chi connectivity index (χ3n) is 1.92. The maximum atomic E-state index is 5.69. The highest BCUT2D eigenvalue weighted by Crippen LogP contribution is 2.12. The fourth-order valence-electron chi connectivity index (χ4n) is 1.05. The van der Waals surface area contributed by atoms with E-state index in [1.165, 1.54) is 0 Å². The second-order valence-electron chi connectivity index (χ2n) is 2.94. The fourth-order valence-corrected chi connectivity index (χ4v) is 1.17. The standard InChI is InChI=1S/C11H13ClN2/c1-3-4-7-13-9(2)10-5-6-11(12)14-8-10/h5-6,8-9,13H,7H2,1-2H3. The first-order chi connectivity index (χ1) is 6.74. The molecule has 0 amide bonds. The Bertz CT molecular complexity index is 335. The lowest BCUT2D eigenvalue weighted by atomic mass is 10.1. The van der Waals surface area contributed by atoms with Gasteiger partial charge in [-0.3, -0.25) is 5.32 Å². The maximum absolute atomic E-state index is 5.69. The predicted molar refractivity (Wildman–Crippen MR) is 59.1 cm³/mol. The summed E-state index contributed by atoms with van der Waals surface area (Å²) in [6.07, 6.45) is 1.78. The molecule has 1 heterocycles. The van der Waals surface area contributed by atoms with E-state index in [4.69, 9.17) is 11.6 Å². The van der Waals surface area contributed by atoms with Crippen molar-refractivity contribution >= 4 is 11.6 Å². The van der Waals surface area contributed by atoms with Gasteiger partial charge in [-0.15, -0.1) is 5.92 Å². The van der Waals surface area contributed by atoms with E-state index < -0.39 is 0 Å². The molecular formula is C11H13ClN2. The summed E-state index contributed by atoms with van der Waals surface area (Å²) in [7, 11) is 0. The zero-order chi connectivity index (χ0) is 10.4. The number of hydrogen-bond donors (Lipinski definition) is 1. The van der Waals surface area contributed by atoms with Crippen LogP contribution >= 0.6 is 11.6 Å². The van der Waals surface area contributed by atoms with E-state index >= 15 is 0 Å². The van der Waals surface area contributed by atoms with E-state index in [1.807, 2.05) is 13.0 Å². The summed E-state index contributed by atoms with van der Waals surface area (Å²) in [5, 5.41) is 3.79. The maximum Gasteiger partial charge on any atom is 0.129 e. The number of nitrogens with one attached hydrogen (secondary N) is 1. The Kier molecular flexibility index (Phi) is 4.45. The van der Waals surface area contributed by atoms with Gasteiger partial charge in [0.25, 0.3) is 0 Å². The van der Waals surface area contributed by atoms with Gasteiger partial charge >= 0.3 is 0 Å². The third kappa shape index (κ3) is 3.37.